The van der Waals surface area contributed by atoms with E-state index in [1.807, 2.05) is 0 Å². The Morgan fingerprint density at radius 2 is 2.21 bits per heavy atom. The summed E-state index contributed by atoms with van der Waals surface area (Å²) in [4.78, 5) is 25.5. The Kier molecular flexibility index (Phi) is 2.89. The van der Waals surface area contributed by atoms with E-state index in [9.17, 15) is 9.59 Å². The molecule has 1 aliphatic rings. The molecular formula is C14H16N2O3. The summed E-state index contributed by atoms with van der Waals surface area (Å²) in [6.07, 6.45) is 4.85. The third-order valence-corrected chi connectivity index (χ3v) is 4.01. The van der Waals surface area contributed by atoms with E-state index in [1.54, 1.807) is 10.6 Å². The molecule has 2 aromatic rings. The summed E-state index contributed by atoms with van der Waals surface area (Å²) in [6, 6.07) is 4.76. The number of hydrogen-bond acceptors (Lipinski definition) is 2. The van der Waals surface area contributed by atoms with Crippen LogP contribution in [0.25, 0.3) is 11.0 Å². The van der Waals surface area contributed by atoms with E-state index < -0.39 is 5.97 Å². The van der Waals surface area contributed by atoms with Crippen LogP contribution in [0.5, 0.6) is 0 Å². The molecule has 19 heavy (non-hydrogen) atoms. The fourth-order valence-corrected chi connectivity index (χ4v) is 2.61. The molecule has 1 aromatic carbocycles. The number of hydrogen-bond donors (Lipinski definition) is 2. The van der Waals surface area contributed by atoms with Crippen molar-refractivity contribution in [3.63, 3.8) is 0 Å². The van der Waals surface area contributed by atoms with Gasteiger partial charge in [-0.1, -0.05) is 19.3 Å². The molecule has 5 nitrogen and oxygen atoms in total. The van der Waals surface area contributed by atoms with E-state index in [1.165, 1.54) is 31.4 Å². The van der Waals surface area contributed by atoms with Gasteiger partial charge in [0.25, 0.3) is 0 Å². The molecule has 5 heteroatoms. The van der Waals surface area contributed by atoms with Crippen molar-refractivity contribution in [3.8, 4) is 0 Å². The Morgan fingerprint density at radius 3 is 2.84 bits per heavy atom. The molecule has 100 valence electrons. The van der Waals surface area contributed by atoms with Crippen LogP contribution in [0.15, 0.2) is 23.0 Å². The maximum Gasteiger partial charge on any atom is 0.335 e. The van der Waals surface area contributed by atoms with E-state index in [0.717, 1.165) is 17.9 Å². The Hall–Kier alpha value is -2.04. The van der Waals surface area contributed by atoms with E-state index in [2.05, 4.69) is 4.98 Å². The van der Waals surface area contributed by atoms with Crippen molar-refractivity contribution >= 4 is 17.0 Å². The van der Waals surface area contributed by atoms with Crippen molar-refractivity contribution in [1.29, 1.82) is 0 Å². The first-order valence-corrected chi connectivity index (χ1v) is 6.61. The second-order valence-electron chi connectivity index (χ2n) is 5.20. The Labute approximate surface area is 109 Å². The number of rotatable bonds is 4. The minimum Gasteiger partial charge on any atom is -0.478 e. The van der Waals surface area contributed by atoms with Gasteiger partial charge < -0.3 is 10.1 Å². The quantitative estimate of drug-likeness (QED) is 0.885. The molecule has 1 heterocycles. The van der Waals surface area contributed by atoms with E-state index in [-0.39, 0.29) is 11.3 Å². The van der Waals surface area contributed by atoms with Gasteiger partial charge in [0.15, 0.2) is 0 Å². The van der Waals surface area contributed by atoms with Crippen LogP contribution < -0.4 is 5.69 Å². The van der Waals surface area contributed by atoms with Gasteiger partial charge in [0.05, 0.1) is 16.6 Å². The highest BCUT2D eigenvalue weighted by Gasteiger charge is 2.18. The van der Waals surface area contributed by atoms with Crippen molar-refractivity contribution in [3.05, 3.63) is 34.2 Å². The third kappa shape index (κ3) is 2.16. The monoisotopic (exact) mass is 260 g/mol. The second-order valence-corrected chi connectivity index (χ2v) is 5.20. The number of benzene rings is 1. The van der Waals surface area contributed by atoms with Crippen molar-refractivity contribution < 1.29 is 9.90 Å². The molecule has 2 N–H and O–H groups in total. The van der Waals surface area contributed by atoms with Gasteiger partial charge in [0.1, 0.15) is 0 Å². The van der Waals surface area contributed by atoms with Crippen LogP contribution in [0.3, 0.4) is 0 Å². The standard InChI is InChI=1S/C14H16N2O3/c17-13(18)10-4-5-12-11(8-10)15-14(19)16(12)7-6-9-2-1-3-9/h4-5,8-9H,1-3,6-7H2,(H,15,19)(H,17,18). The number of nitrogens with zero attached hydrogens (tertiary/aromatic N) is 1. The number of fused-ring (bicyclic) bond motifs is 1. The van der Waals surface area contributed by atoms with Crippen LogP contribution in [-0.4, -0.2) is 20.6 Å². The number of aromatic carboxylic acids is 1. The zero-order valence-corrected chi connectivity index (χ0v) is 10.6. The van der Waals surface area contributed by atoms with Gasteiger partial charge in [-0.05, 0) is 30.5 Å². The van der Waals surface area contributed by atoms with E-state index >= 15 is 0 Å². The molecule has 0 saturated heterocycles. The highest BCUT2D eigenvalue weighted by molar-refractivity contribution is 5.92. The molecule has 0 atom stereocenters. The molecule has 0 bridgehead atoms. The maximum absolute atomic E-state index is 11.9. The zero-order valence-electron chi connectivity index (χ0n) is 10.6. The first-order valence-electron chi connectivity index (χ1n) is 6.61. The van der Waals surface area contributed by atoms with Crippen LogP contribution in [-0.2, 0) is 6.54 Å². The number of aromatic nitrogens is 2. The van der Waals surface area contributed by atoms with Crippen LogP contribution in [0.1, 0.15) is 36.0 Å². The van der Waals surface area contributed by atoms with Gasteiger partial charge in [-0.2, -0.15) is 0 Å². The number of aryl methyl sites for hydroxylation is 1. The number of aromatic amines is 1. The minimum absolute atomic E-state index is 0.156. The van der Waals surface area contributed by atoms with Gasteiger partial charge in [-0.3, -0.25) is 4.57 Å². The topological polar surface area (TPSA) is 75.1 Å². The number of imidazole rings is 1. The molecule has 0 amide bonds. The lowest BCUT2D eigenvalue weighted by Crippen LogP contribution is -2.20. The SMILES string of the molecule is O=C(O)c1ccc2c(c1)[nH]c(=O)n2CCC1CCC1. The smallest absolute Gasteiger partial charge is 0.335 e. The lowest BCUT2D eigenvalue weighted by atomic mass is 9.83. The van der Waals surface area contributed by atoms with Crippen molar-refractivity contribution in [1.82, 2.24) is 9.55 Å². The summed E-state index contributed by atoms with van der Waals surface area (Å²) in [7, 11) is 0. The molecule has 3 rings (SSSR count). The first-order chi connectivity index (χ1) is 9.15. The van der Waals surface area contributed by atoms with Crippen LogP contribution in [0.4, 0.5) is 0 Å². The van der Waals surface area contributed by atoms with Crippen molar-refractivity contribution in [2.45, 2.75) is 32.2 Å². The average Bonchev–Trinajstić information content (AvgIpc) is 2.62. The molecule has 1 aromatic heterocycles. The van der Waals surface area contributed by atoms with Gasteiger partial charge in [-0.25, -0.2) is 9.59 Å². The van der Waals surface area contributed by atoms with Gasteiger partial charge in [0.2, 0.25) is 0 Å². The van der Waals surface area contributed by atoms with Crippen LogP contribution in [0, 0.1) is 5.92 Å². The van der Waals surface area contributed by atoms with E-state index in [4.69, 9.17) is 5.11 Å². The number of H-pyrrole nitrogens is 1. The highest BCUT2D eigenvalue weighted by Crippen LogP contribution is 2.29. The van der Waals surface area contributed by atoms with Gasteiger partial charge in [-0.15, -0.1) is 0 Å². The largest absolute Gasteiger partial charge is 0.478 e. The van der Waals surface area contributed by atoms with Gasteiger partial charge >= 0.3 is 11.7 Å². The van der Waals surface area contributed by atoms with Crippen LogP contribution >= 0.6 is 0 Å². The summed E-state index contributed by atoms with van der Waals surface area (Å²) < 4.78 is 1.71. The molecule has 0 spiro atoms. The minimum atomic E-state index is -0.982. The Morgan fingerprint density at radius 1 is 1.42 bits per heavy atom. The van der Waals surface area contributed by atoms with Gasteiger partial charge in [0, 0.05) is 6.54 Å². The molecule has 0 aliphatic heterocycles. The normalized spacial score (nSPS) is 15.6. The molecule has 0 unspecified atom stereocenters. The molecule has 1 saturated carbocycles. The fourth-order valence-electron chi connectivity index (χ4n) is 2.61. The molecule has 1 fully saturated rings. The molecule has 0 radical (unpaired) electrons. The number of nitrogens with one attached hydrogen (secondary N) is 1. The lowest BCUT2D eigenvalue weighted by Gasteiger charge is -2.25. The molecule has 1 aliphatic carbocycles. The maximum atomic E-state index is 11.9. The first kappa shape index (κ1) is 12.0. The van der Waals surface area contributed by atoms with Crippen molar-refractivity contribution in [2.24, 2.45) is 5.92 Å². The Balaban J connectivity index is 1.92. The molecular weight excluding hydrogens is 244 g/mol. The fraction of sp³-hybridized carbons (Fsp3) is 0.429. The summed E-state index contributed by atoms with van der Waals surface area (Å²) >= 11 is 0. The second kappa shape index (κ2) is 4.57. The number of carboxylic acid groups (broad SMARTS) is 1. The van der Waals surface area contributed by atoms with Crippen molar-refractivity contribution in [2.75, 3.05) is 0 Å². The summed E-state index contributed by atoms with van der Waals surface area (Å²) in [5, 5.41) is 8.94. The summed E-state index contributed by atoms with van der Waals surface area (Å²) in [6.45, 7) is 0.704. The summed E-state index contributed by atoms with van der Waals surface area (Å²) in [5.41, 5.74) is 1.42. The Bertz CT molecular complexity index is 680. The lowest BCUT2D eigenvalue weighted by molar-refractivity contribution is 0.0697. The summed E-state index contributed by atoms with van der Waals surface area (Å²) in [5.74, 6) is -0.236. The zero-order chi connectivity index (χ0) is 13.4. The number of carbonyl (C=O) groups is 1. The number of carboxylic acids is 1. The average molecular weight is 260 g/mol. The van der Waals surface area contributed by atoms with E-state index in [0.29, 0.717) is 12.1 Å². The van der Waals surface area contributed by atoms with Crippen LogP contribution in [0.2, 0.25) is 0 Å². The third-order valence-electron chi connectivity index (χ3n) is 4.01. The predicted molar refractivity (Wildman–Crippen MR) is 71.5 cm³/mol. The predicted octanol–water partition coefficient (Wildman–Crippen LogP) is 2.22. The highest BCUT2D eigenvalue weighted by atomic mass is 16.4.